The molecule has 0 aliphatic rings. The van der Waals surface area contributed by atoms with Crippen molar-refractivity contribution in [3.05, 3.63) is 101 Å². The molecule has 0 spiro atoms. The van der Waals surface area contributed by atoms with Crippen molar-refractivity contribution in [2.75, 3.05) is 0 Å². The van der Waals surface area contributed by atoms with Crippen LogP contribution < -0.4 is 9.86 Å². The third-order valence-electron chi connectivity index (χ3n) is 5.89. The highest BCUT2D eigenvalue weighted by Crippen LogP contribution is 2.39. The zero-order valence-electron chi connectivity index (χ0n) is 20.7. The van der Waals surface area contributed by atoms with Crippen LogP contribution in [0.5, 0.6) is 0 Å². The van der Waals surface area contributed by atoms with Crippen molar-refractivity contribution in [1.82, 2.24) is 19.9 Å². The van der Waals surface area contributed by atoms with E-state index in [1.54, 1.807) is 6.07 Å². The Bertz CT molecular complexity index is 1910. The molecule has 0 aliphatic heterocycles. The SMILES string of the molecule is NS(=O)(=O)NCc1nnc(CS(=O)(=O)C(c2ccc(C(F)(F)F)cc2)c2nc3ccc(-c4ccccc4)cc3s2)o1. The zero-order chi connectivity index (χ0) is 29.4. The number of sulfone groups is 1. The lowest BCUT2D eigenvalue weighted by molar-refractivity contribution is -0.137. The molecule has 2 heterocycles. The van der Waals surface area contributed by atoms with Crippen molar-refractivity contribution in [3.63, 3.8) is 0 Å². The number of nitrogens with two attached hydrogens (primary N) is 1. The number of benzene rings is 3. The second kappa shape index (κ2) is 10.9. The summed E-state index contributed by atoms with van der Waals surface area (Å²) in [6.07, 6.45) is -4.61. The number of rotatable bonds is 9. The van der Waals surface area contributed by atoms with Crippen molar-refractivity contribution in [2.45, 2.75) is 23.7 Å². The summed E-state index contributed by atoms with van der Waals surface area (Å²) in [6.45, 7) is -0.462. The first-order valence-corrected chi connectivity index (χ1v) is 15.8. The van der Waals surface area contributed by atoms with Crippen LogP contribution in [0.4, 0.5) is 13.2 Å². The second-order valence-corrected chi connectivity index (χ2v) is 13.4. The van der Waals surface area contributed by atoms with E-state index in [1.165, 1.54) is 0 Å². The molecule has 41 heavy (non-hydrogen) atoms. The number of aromatic nitrogens is 3. The van der Waals surface area contributed by atoms with Crippen LogP contribution in [0.15, 0.2) is 77.2 Å². The maximum Gasteiger partial charge on any atom is 0.416 e. The number of halogens is 3. The van der Waals surface area contributed by atoms with E-state index in [0.717, 1.165) is 46.7 Å². The summed E-state index contributed by atoms with van der Waals surface area (Å²) in [6, 6.07) is 18.8. The van der Waals surface area contributed by atoms with Crippen LogP contribution in [0, 0.1) is 0 Å². The van der Waals surface area contributed by atoms with Crippen LogP contribution in [0.3, 0.4) is 0 Å². The van der Waals surface area contributed by atoms with Gasteiger partial charge in [0.15, 0.2) is 9.84 Å². The van der Waals surface area contributed by atoms with Gasteiger partial charge in [-0.25, -0.2) is 18.5 Å². The van der Waals surface area contributed by atoms with Gasteiger partial charge in [0.25, 0.3) is 10.2 Å². The third-order valence-corrected chi connectivity index (χ3v) is 9.54. The number of hydrogen-bond acceptors (Lipinski definition) is 9. The molecule has 0 fully saturated rings. The first kappa shape index (κ1) is 28.8. The van der Waals surface area contributed by atoms with Gasteiger partial charge in [0.1, 0.15) is 16.0 Å². The molecule has 10 nitrogen and oxygen atoms in total. The minimum absolute atomic E-state index is 0.0657. The van der Waals surface area contributed by atoms with Gasteiger partial charge >= 0.3 is 6.18 Å². The number of fused-ring (bicyclic) bond motifs is 1. The van der Waals surface area contributed by atoms with Gasteiger partial charge in [0.05, 0.1) is 22.3 Å². The third kappa shape index (κ3) is 6.79. The lowest BCUT2D eigenvalue weighted by Crippen LogP contribution is -2.30. The van der Waals surface area contributed by atoms with Crippen molar-refractivity contribution in [2.24, 2.45) is 5.14 Å². The lowest BCUT2D eigenvalue weighted by Gasteiger charge is -2.16. The van der Waals surface area contributed by atoms with E-state index in [-0.39, 0.29) is 22.4 Å². The summed E-state index contributed by atoms with van der Waals surface area (Å²) in [5.74, 6) is -1.36. The molecule has 2 aromatic heterocycles. The molecule has 1 atom stereocenters. The molecule has 3 N–H and O–H groups in total. The molecule has 214 valence electrons. The van der Waals surface area contributed by atoms with E-state index >= 15 is 0 Å². The fourth-order valence-corrected chi connectivity index (χ4v) is 7.54. The van der Waals surface area contributed by atoms with Crippen molar-refractivity contribution in [1.29, 1.82) is 0 Å². The molecule has 5 rings (SSSR count). The van der Waals surface area contributed by atoms with Gasteiger partial charge in [-0.15, -0.1) is 21.5 Å². The lowest BCUT2D eigenvalue weighted by atomic mass is 10.1. The molecule has 0 saturated carbocycles. The largest absolute Gasteiger partial charge is 0.423 e. The van der Waals surface area contributed by atoms with Gasteiger partial charge in [-0.2, -0.15) is 26.3 Å². The van der Waals surface area contributed by atoms with E-state index in [0.29, 0.717) is 10.2 Å². The van der Waals surface area contributed by atoms with Crippen LogP contribution in [0.25, 0.3) is 21.3 Å². The van der Waals surface area contributed by atoms with E-state index < -0.39 is 49.3 Å². The molecule has 0 saturated heterocycles. The first-order chi connectivity index (χ1) is 19.3. The van der Waals surface area contributed by atoms with Crippen LogP contribution in [0.2, 0.25) is 0 Å². The molecule has 5 aromatic rings. The van der Waals surface area contributed by atoms with Gasteiger partial charge in [0, 0.05) is 0 Å². The van der Waals surface area contributed by atoms with E-state index in [2.05, 4.69) is 15.2 Å². The minimum atomic E-state index is -4.61. The van der Waals surface area contributed by atoms with Gasteiger partial charge in [-0.3, -0.25) is 0 Å². The van der Waals surface area contributed by atoms with Crippen LogP contribution in [-0.2, 0) is 38.5 Å². The molecule has 0 amide bonds. The van der Waals surface area contributed by atoms with Crippen LogP contribution in [-0.4, -0.2) is 32.0 Å². The zero-order valence-corrected chi connectivity index (χ0v) is 23.2. The number of thiazole rings is 1. The molecule has 0 radical (unpaired) electrons. The molecular weight excluding hydrogens is 604 g/mol. The Kier molecular flexibility index (Phi) is 7.69. The molecule has 16 heteroatoms. The second-order valence-electron chi connectivity index (χ2n) is 8.86. The van der Waals surface area contributed by atoms with Crippen LogP contribution >= 0.6 is 11.3 Å². The van der Waals surface area contributed by atoms with E-state index in [1.807, 2.05) is 47.2 Å². The Morgan fingerprint density at radius 1 is 0.902 bits per heavy atom. The molecule has 0 aliphatic carbocycles. The fraction of sp³-hybridized carbons (Fsp3) is 0.160. The Balaban J connectivity index is 1.53. The van der Waals surface area contributed by atoms with Gasteiger partial charge in [0.2, 0.25) is 11.8 Å². The van der Waals surface area contributed by atoms with Crippen molar-refractivity contribution < 1.29 is 34.4 Å². The highest BCUT2D eigenvalue weighted by atomic mass is 32.2. The molecule has 3 aromatic carbocycles. The van der Waals surface area contributed by atoms with E-state index in [4.69, 9.17) is 9.56 Å². The maximum atomic E-state index is 13.8. The highest BCUT2D eigenvalue weighted by molar-refractivity contribution is 7.91. The quantitative estimate of drug-likeness (QED) is 0.245. The normalized spacial score (nSPS) is 13.5. The predicted molar refractivity (Wildman–Crippen MR) is 145 cm³/mol. The highest BCUT2D eigenvalue weighted by Gasteiger charge is 2.36. The monoisotopic (exact) mass is 623 g/mol. The molecule has 1 unspecified atom stereocenters. The Morgan fingerprint density at radius 2 is 1.59 bits per heavy atom. The molecule has 0 bridgehead atoms. The van der Waals surface area contributed by atoms with Crippen LogP contribution in [0.1, 0.15) is 33.2 Å². The summed E-state index contributed by atoms with van der Waals surface area (Å²) >= 11 is 1.10. The van der Waals surface area contributed by atoms with Gasteiger partial charge < -0.3 is 4.42 Å². The smallest absolute Gasteiger partial charge is 0.416 e. The number of hydrogen-bond donors (Lipinski definition) is 2. The maximum absolute atomic E-state index is 13.8. The molecular formula is C25H20F3N5O5S3. The topological polar surface area (TPSA) is 158 Å². The fourth-order valence-electron chi connectivity index (χ4n) is 4.05. The van der Waals surface area contributed by atoms with Gasteiger partial charge in [-0.1, -0.05) is 48.5 Å². The average molecular weight is 624 g/mol. The number of nitrogens with one attached hydrogen (secondary N) is 1. The number of nitrogens with zero attached hydrogens (tertiary/aromatic N) is 3. The van der Waals surface area contributed by atoms with Crippen molar-refractivity contribution in [3.8, 4) is 11.1 Å². The standard InChI is InChI=1S/C25H20F3N5O5S3/c26-25(27,28)18-9-6-16(7-10-18)23(40(34,35)14-22-33-32-21(38-22)13-30-41(29,36)37)24-31-19-11-8-17(12-20(19)39-24)15-4-2-1-3-5-15/h1-12,23,30H,13-14H2,(H2,29,36,37). The Labute approximate surface area is 236 Å². The van der Waals surface area contributed by atoms with E-state index in [9.17, 15) is 30.0 Å². The average Bonchev–Trinajstić information content (AvgIpc) is 3.53. The summed E-state index contributed by atoms with van der Waals surface area (Å²) < 4.78 is 97.3. The summed E-state index contributed by atoms with van der Waals surface area (Å²) in [7, 11) is -8.33. The Hall–Kier alpha value is -3.70. The predicted octanol–water partition coefficient (Wildman–Crippen LogP) is 4.36. The minimum Gasteiger partial charge on any atom is -0.423 e. The van der Waals surface area contributed by atoms with Gasteiger partial charge in [-0.05, 0) is 41.0 Å². The summed E-state index contributed by atoms with van der Waals surface area (Å²) in [5.41, 5.74) is 1.48. The first-order valence-electron chi connectivity index (χ1n) is 11.7. The number of alkyl halides is 3. The summed E-state index contributed by atoms with van der Waals surface area (Å²) in [5, 5.41) is 10.8. The summed E-state index contributed by atoms with van der Waals surface area (Å²) in [4.78, 5) is 4.52. The Morgan fingerprint density at radius 3 is 2.24 bits per heavy atom. The van der Waals surface area contributed by atoms with Crippen molar-refractivity contribution >= 4 is 41.6 Å².